The molecule has 1 N–H and O–H groups in total. The van der Waals surface area contributed by atoms with Crippen molar-refractivity contribution in [2.24, 2.45) is 40.4 Å². The van der Waals surface area contributed by atoms with E-state index in [4.69, 9.17) is 9.90 Å². The molecule has 0 heterocycles. The number of carboxylic acid groups (broad SMARTS) is 1. The van der Waals surface area contributed by atoms with E-state index in [9.17, 15) is 9.59 Å². The van der Waals surface area contributed by atoms with E-state index in [-0.39, 0.29) is 16.7 Å². The van der Waals surface area contributed by atoms with E-state index in [1.165, 1.54) is 44.9 Å². The number of carbonyl (C=O) groups is 3. The van der Waals surface area contributed by atoms with E-state index in [0.29, 0.717) is 35.7 Å². The maximum Gasteiger partial charge on any atom is 0.300 e. The normalized spacial score (nSPS) is 42.7. The molecule has 4 rings (SSSR count). The van der Waals surface area contributed by atoms with Crippen LogP contribution in [-0.2, 0) is 14.4 Å². The van der Waals surface area contributed by atoms with Crippen LogP contribution < -0.4 is 0 Å². The highest BCUT2D eigenvalue weighted by atomic mass is 16.4. The average molecular weight is 407 g/mol. The van der Waals surface area contributed by atoms with Gasteiger partial charge in [0.1, 0.15) is 11.6 Å². The van der Waals surface area contributed by atoms with E-state index in [1.807, 2.05) is 13.8 Å². The van der Waals surface area contributed by atoms with Crippen molar-refractivity contribution < 1.29 is 19.5 Å². The Balaban J connectivity index is 0.000000449. The maximum atomic E-state index is 13.3. The Kier molecular flexibility index (Phi) is 7.73. The second-order valence-corrected chi connectivity index (χ2v) is 10.2. The summed E-state index contributed by atoms with van der Waals surface area (Å²) in [5.74, 6) is 2.37. The smallest absolute Gasteiger partial charge is 0.300 e. The Bertz CT molecular complexity index is 622. The molecule has 0 saturated heterocycles. The van der Waals surface area contributed by atoms with Gasteiger partial charge in [0, 0.05) is 25.2 Å². The van der Waals surface area contributed by atoms with Crippen LogP contribution in [0.25, 0.3) is 0 Å². The summed E-state index contributed by atoms with van der Waals surface area (Å²) in [6, 6.07) is 0. The number of carboxylic acids is 1. The summed E-state index contributed by atoms with van der Waals surface area (Å²) in [7, 11) is 0. The van der Waals surface area contributed by atoms with Gasteiger partial charge in [-0.2, -0.15) is 0 Å². The minimum atomic E-state index is -0.833. The summed E-state index contributed by atoms with van der Waals surface area (Å²) >= 11 is 0. The molecule has 4 saturated carbocycles. The van der Waals surface area contributed by atoms with Crippen molar-refractivity contribution in [3.05, 3.63) is 0 Å². The minimum Gasteiger partial charge on any atom is -0.481 e. The summed E-state index contributed by atoms with van der Waals surface area (Å²) in [5.41, 5.74) is 0.218. The summed E-state index contributed by atoms with van der Waals surface area (Å²) in [6.45, 7) is 11.5. The van der Waals surface area contributed by atoms with Crippen LogP contribution >= 0.6 is 0 Å². The van der Waals surface area contributed by atoms with Crippen molar-refractivity contribution in [1.82, 2.24) is 0 Å². The molecule has 4 aliphatic rings. The van der Waals surface area contributed by atoms with Crippen molar-refractivity contribution in [2.45, 2.75) is 99.3 Å². The fourth-order valence-corrected chi connectivity index (χ4v) is 7.78. The molecule has 0 radical (unpaired) electrons. The van der Waals surface area contributed by atoms with Crippen molar-refractivity contribution >= 4 is 17.5 Å². The zero-order valence-corrected chi connectivity index (χ0v) is 19.4. The largest absolute Gasteiger partial charge is 0.481 e. The topological polar surface area (TPSA) is 71.4 Å². The van der Waals surface area contributed by atoms with E-state index in [0.717, 1.165) is 19.3 Å². The number of fused-ring (bicyclic) bond motifs is 5. The lowest BCUT2D eigenvalue weighted by Crippen LogP contribution is -2.57. The van der Waals surface area contributed by atoms with Gasteiger partial charge in [-0.05, 0) is 74.0 Å². The number of Topliss-reactive ketones (excluding diaryl/α,β-unsaturated/α-hetero) is 2. The number of aliphatic carboxylic acids is 1. The standard InChI is InChI=1S/C21H32O2.C2H4O2.C2H6/c1-13(22)16-9-10-17-15-8-7-14-6-4-5-11-20(14,2)19(15)18(23)12-21(16,17)3;1-2(3)4;1-2/h14-17,19H,4-12H2,1-3H3;1H3,(H,3,4);1-2H3/t14?,15?,16-,17?,19?,20+,21-;;/m1../s1. The third-order valence-corrected chi connectivity index (χ3v) is 8.76. The molecule has 0 aliphatic heterocycles. The van der Waals surface area contributed by atoms with E-state index >= 15 is 0 Å². The molecule has 4 heteroatoms. The predicted molar refractivity (Wildman–Crippen MR) is 116 cm³/mol. The molecule has 4 fully saturated rings. The Morgan fingerprint density at radius 2 is 1.55 bits per heavy atom. The van der Waals surface area contributed by atoms with E-state index in [1.54, 1.807) is 6.92 Å². The molecular weight excluding hydrogens is 364 g/mol. The molecule has 0 amide bonds. The molecule has 0 aromatic rings. The van der Waals surface area contributed by atoms with Crippen molar-refractivity contribution in [2.75, 3.05) is 0 Å². The van der Waals surface area contributed by atoms with Crippen LogP contribution in [0.4, 0.5) is 0 Å². The van der Waals surface area contributed by atoms with E-state index in [2.05, 4.69) is 13.8 Å². The van der Waals surface area contributed by atoms with Crippen molar-refractivity contribution in [3.63, 3.8) is 0 Å². The highest BCUT2D eigenvalue weighted by molar-refractivity contribution is 5.87. The first kappa shape index (κ1) is 24.1. The van der Waals surface area contributed by atoms with Crippen molar-refractivity contribution in [1.29, 1.82) is 0 Å². The fourth-order valence-electron chi connectivity index (χ4n) is 7.78. The highest BCUT2D eigenvalue weighted by Crippen LogP contribution is 2.66. The molecule has 4 unspecified atom stereocenters. The van der Waals surface area contributed by atoms with Crippen LogP contribution in [0, 0.1) is 40.4 Å². The van der Waals surface area contributed by atoms with Gasteiger partial charge in [-0.3, -0.25) is 14.4 Å². The third-order valence-electron chi connectivity index (χ3n) is 8.76. The Hall–Kier alpha value is -1.19. The lowest BCUT2D eigenvalue weighted by Gasteiger charge is -2.59. The molecular formula is C25H42O4. The van der Waals surface area contributed by atoms with Crippen LogP contribution in [-0.4, -0.2) is 22.6 Å². The van der Waals surface area contributed by atoms with E-state index < -0.39 is 5.97 Å². The number of carbonyl (C=O) groups excluding carboxylic acids is 2. The predicted octanol–water partition coefficient (Wildman–Crippen LogP) is 5.92. The fraction of sp³-hybridized carbons (Fsp3) is 0.880. The average Bonchev–Trinajstić information content (AvgIpc) is 2.99. The van der Waals surface area contributed by atoms with Gasteiger partial charge in [-0.15, -0.1) is 0 Å². The van der Waals surface area contributed by atoms with Gasteiger partial charge in [-0.25, -0.2) is 0 Å². The summed E-state index contributed by atoms with van der Waals surface area (Å²) in [4.78, 5) is 34.4. The lowest BCUT2D eigenvalue weighted by molar-refractivity contribution is -0.158. The Morgan fingerprint density at radius 1 is 0.931 bits per heavy atom. The molecule has 7 atom stereocenters. The Morgan fingerprint density at radius 3 is 2.14 bits per heavy atom. The van der Waals surface area contributed by atoms with Gasteiger partial charge >= 0.3 is 0 Å². The minimum absolute atomic E-state index is 0.0397. The molecule has 0 spiro atoms. The zero-order chi connectivity index (χ0) is 22.0. The number of hydrogen-bond donors (Lipinski definition) is 1. The lowest BCUT2D eigenvalue weighted by atomic mass is 9.44. The maximum absolute atomic E-state index is 13.3. The van der Waals surface area contributed by atoms with Gasteiger partial charge in [0.15, 0.2) is 0 Å². The molecule has 0 aromatic heterocycles. The summed E-state index contributed by atoms with van der Waals surface area (Å²) < 4.78 is 0. The zero-order valence-electron chi connectivity index (χ0n) is 19.4. The summed E-state index contributed by atoms with van der Waals surface area (Å²) in [6.07, 6.45) is 10.7. The SMILES string of the molecule is CC.CC(=O)O.CC(=O)[C@H]1CCC2C3CCC4CCCC[C@]4(C)C3C(=O)C[C@@]21C. The van der Waals surface area contributed by atoms with Gasteiger partial charge < -0.3 is 5.11 Å². The molecule has 0 aromatic carbocycles. The summed E-state index contributed by atoms with van der Waals surface area (Å²) in [5, 5.41) is 7.42. The molecule has 4 aliphatic carbocycles. The first-order valence-corrected chi connectivity index (χ1v) is 11.8. The van der Waals surface area contributed by atoms with Crippen LogP contribution in [0.1, 0.15) is 99.3 Å². The quantitative estimate of drug-likeness (QED) is 0.586. The van der Waals surface area contributed by atoms with Gasteiger partial charge in [-0.1, -0.05) is 40.5 Å². The van der Waals surface area contributed by atoms with Gasteiger partial charge in [0.2, 0.25) is 0 Å². The molecule has 4 nitrogen and oxygen atoms in total. The van der Waals surface area contributed by atoms with Gasteiger partial charge in [0.05, 0.1) is 0 Å². The van der Waals surface area contributed by atoms with Crippen LogP contribution in [0.3, 0.4) is 0 Å². The van der Waals surface area contributed by atoms with Crippen LogP contribution in [0.15, 0.2) is 0 Å². The number of rotatable bonds is 1. The second kappa shape index (κ2) is 9.31. The first-order chi connectivity index (χ1) is 13.6. The van der Waals surface area contributed by atoms with Crippen LogP contribution in [0.5, 0.6) is 0 Å². The van der Waals surface area contributed by atoms with Gasteiger partial charge in [0.25, 0.3) is 5.97 Å². The highest BCUT2D eigenvalue weighted by Gasteiger charge is 2.63. The monoisotopic (exact) mass is 406 g/mol. The first-order valence-electron chi connectivity index (χ1n) is 11.8. The number of ketones is 2. The third kappa shape index (κ3) is 4.32. The molecule has 0 bridgehead atoms. The molecule has 166 valence electrons. The van der Waals surface area contributed by atoms with Crippen molar-refractivity contribution in [3.8, 4) is 0 Å². The second-order valence-electron chi connectivity index (χ2n) is 10.2. The Labute approximate surface area is 177 Å². The number of hydrogen-bond acceptors (Lipinski definition) is 3. The van der Waals surface area contributed by atoms with Crippen LogP contribution in [0.2, 0.25) is 0 Å². The molecule has 29 heavy (non-hydrogen) atoms.